The molecule has 25 heavy (non-hydrogen) atoms. The molecule has 9 nitrogen and oxygen atoms in total. The first-order valence-electron chi connectivity index (χ1n) is 7.62. The number of hydrogen-bond acceptors (Lipinski definition) is 8. The first-order chi connectivity index (χ1) is 11.6. The summed E-state index contributed by atoms with van der Waals surface area (Å²) < 4.78 is 65.4. The fourth-order valence-corrected chi connectivity index (χ4v) is 2.23. The van der Waals surface area contributed by atoms with Gasteiger partial charge in [0, 0.05) is 32.7 Å². The smallest absolute Gasteiger partial charge is 0.405 e. The predicted octanol–water partition coefficient (Wildman–Crippen LogP) is -0.518. The van der Waals surface area contributed by atoms with Crippen LogP contribution in [0.25, 0.3) is 0 Å². The van der Waals surface area contributed by atoms with E-state index in [1.54, 1.807) is 4.90 Å². The second-order valence-corrected chi connectivity index (χ2v) is 6.67. The lowest BCUT2D eigenvalue weighted by Crippen LogP contribution is -2.42. The van der Waals surface area contributed by atoms with Crippen molar-refractivity contribution < 1.29 is 46.2 Å². The molecular weight excluding hydrogens is 368 g/mol. The van der Waals surface area contributed by atoms with Crippen LogP contribution >= 0.6 is 0 Å². The standard InChI is InChI=1S/C13H25F2NO8S/c1-11(13(14,15)25(20,21)22)24-12(19)3-2-9-23-10-6-16(4-7-17)5-8-18/h11,17-18H,2-10H2,1H3,(H,20,21,22). The van der Waals surface area contributed by atoms with Crippen LogP contribution in [0.15, 0.2) is 0 Å². The van der Waals surface area contributed by atoms with Gasteiger partial charge in [-0.3, -0.25) is 14.2 Å². The highest BCUT2D eigenvalue weighted by atomic mass is 32.2. The Bertz CT molecular complexity index is 482. The zero-order valence-electron chi connectivity index (χ0n) is 13.9. The molecule has 0 spiro atoms. The highest BCUT2D eigenvalue weighted by Gasteiger charge is 2.51. The minimum Gasteiger partial charge on any atom is -0.455 e. The lowest BCUT2D eigenvalue weighted by Gasteiger charge is -2.21. The summed E-state index contributed by atoms with van der Waals surface area (Å²) in [5.41, 5.74) is 0. The van der Waals surface area contributed by atoms with Gasteiger partial charge >= 0.3 is 21.3 Å². The summed E-state index contributed by atoms with van der Waals surface area (Å²) in [6, 6.07) is 0. The summed E-state index contributed by atoms with van der Waals surface area (Å²) in [6.07, 6.45) is -2.41. The van der Waals surface area contributed by atoms with Gasteiger partial charge in [0.1, 0.15) is 0 Å². The van der Waals surface area contributed by atoms with Crippen LogP contribution in [0.4, 0.5) is 8.78 Å². The SMILES string of the molecule is CC(OC(=O)CCCOCCN(CCO)CCO)C(F)(F)S(=O)(=O)O. The second-order valence-electron chi connectivity index (χ2n) is 5.17. The van der Waals surface area contributed by atoms with E-state index in [-0.39, 0.29) is 39.3 Å². The number of halogens is 2. The molecule has 1 atom stereocenters. The van der Waals surface area contributed by atoms with Crippen LogP contribution in [-0.4, -0.2) is 91.5 Å². The number of aliphatic hydroxyl groups excluding tert-OH is 2. The number of ether oxygens (including phenoxy) is 2. The van der Waals surface area contributed by atoms with Gasteiger partial charge in [0.15, 0.2) is 6.10 Å². The number of rotatable bonds is 14. The monoisotopic (exact) mass is 393 g/mol. The Labute approximate surface area is 145 Å². The molecule has 150 valence electrons. The Morgan fingerprint density at radius 3 is 2.20 bits per heavy atom. The summed E-state index contributed by atoms with van der Waals surface area (Å²) in [4.78, 5) is 13.2. The minimum atomic E-state index is -5.67. The Morgan fingerprint density at radius 2 is 1.72 bits per heavy atom. The van der Waals surface area contributed by atoms with E-state index in [4.69, 9.17) is 19.5 Å². The van der Waals surface area contributed by atoms with Crippen LogP contribution in [0, 0.1) is 0 Å². The number of carbonyl (C=O) groups excluding carboxylic acids is 1. The number of alkyl halides is 2. The molecule has 0 aliphatic carbocycles. The second kappa shape index (κ2) is 11.6. The lowest BCUT2D eigenvalue weighted by atomic mass is 10.3. The molecule has 1 unspecified atom stereocenters. The van der Waals surface area contributed by atoms with Gasteiger partial charge in [-0.25, -0.2) is 0 Å². The highest BCUT2D eigenvalue weighted by Crippen LogP contribution is 2.27. The molecule has 0 saturated heterocycles. The third-order valence-electron chi connectivity index (χ3n) is 3.18. The fraction of sp³-hybridized carbons (Fsp3) is 0.923. The predicted molar refractivity (Wildman–Crippen MR) is 82.7 cm³/mol. The van der Waals surface area contributed by atoms with Gasteiger partial charge in [-0.1, -0.05) is 0 Å². The maximum absolute atomic E-state index is 13.2. The molecule has 0 aliphatic rings. The van der Waals surface area contributed by atoms with Gasteiger partial charge in [-0.05, 0) is 13.3 Å². The molecule has 0 radical (unpaired) electrons. The molecule has 0 bridgehead atoms. The van der Waals surface area contributed by atoms with Crippen LogP contribution in [0.1, 0.15) is 19.8 Å². The quantitative estimate of drug-likeness (QED) is 0.202. The van der Waals surface area contributed by atoms with E-state index in [1.807, 2.05) is 0 Å². The Morgan fingerprint density at radius 1 is 1.16 bits per heavy atom. The van der Waals surface area contributed by atoms with Gasteiger partial charge in [0.25, 0.3) is 0 Å². The molecule has 0 heterocycles. The highest BCUT2D eigenvalue weighted by molar-refractivity contribution is 7.86. The zero-order valence-corrected chi connectivity index (χ0v) is 14.8. The van der Waals surface area contributed by atoms with E-state index in [2.05, 4.69) is 4.74 Å². The normalized spacial score (nSPS) is 13.9. The molecule has 0 aromatic heterocycles. The van der Waals surface area contributed by atoms with E-state index in [0.717, 1.165) is 0 Å². The molecule has 0 aromatic carbocycles. The van der Waals surface area contributed by atoms with Gasteiger partial charge in [0.05, 0.1) is 19.8 Å². The molecule has 0 rings (SSSR count). The first kappa shape index (κ1) is 24.1. The van der Waals surface area contributed by atoms with Crippen molar-refractivity contribution in [1.29, 1.82) is 0 Å². The van der Waals surface area contributed by atoms with Crippen molar-refractivity contribution >= 4 is 16.1 Å². The lowest BCUT2D eigenvalue weighted by molar-refractivity contribution is -0.159. The summed E-state index contributed by atoms with van der Waals surface area (Å²) in [5, 5.41) is 13.1. The van der Waals surface area contributed by atoms with Crippen molar-refractivity contribution in [2.75, 3.05) is 46.1 Å². The van der Waals surface area contributed by atoms with Crippen LogP contribution in [0.2, 0.25) is 0 Å². The van der Waals surface area contributed by atoms with E-state index in [0.29, 0.717) is 26.6 Å². The van der Waals surface area contributed by atoms with E-state index in [1.165, 1.54) is 0 Å². The summed E-state index contributed by atoms with van der Waals surface area (Å²) in [5.74, 6) is -1.04. The molecule has 12 heteroatoms. The van der Waals surface area contributed by atoms with Crippen molar-refractivity contribution in [1.82, 2.24) is 4.90 Å². The van der Waals surface area contributed by atoms with Crippen molar-refractivity contribution in [2.45, 2.75) is 31.1 Å². The molecule has 0 aliphatic heterocycles. The topological polar surface area (TPSA) is 134 Å². The van der Waals surface area contributed by atoms with Crippen molar-refractivity contribution in [3.63, 3.8) is 0 Å². The summed E-state index contributed by atoms with van der Waals surface area (Å²) in [7, 11) is -5.67. The Hall–Kier alpha value is -0.920. The Balaban J connectivity index is 3.98. The number of hydrogen-bond donors (Lipinski definition) is 3. The molecular formula is C13H25F2NO8S. The minimum absolute atomic E-state index is 0.0573. The molecule has 3 N–H and O–H groups in total. The largest absolute Gasteiger partial charge is 0.455 e. The number of nitrogens with zero attached hydrogens (tertiary/aromatic N) is 1. The Kier molecular flexibility index (Phi) is 11.2. The van der Waals surface area contributed by atoms with Gasteiger partial charge in [-0.15, -0.1) is 0 Å². The molecule has 0 saturated carbocycles. The van der Waals surface area contributed by atoms with Crippen LogP contribution < -0.4 is 0 Å². The maximum atomic E-state index is 13.2. The van der Waals surface area contributed by atoms with Crippen molar-refractivity contribution in [3.8, 4) is 0 Å². The fourth-order valence-electron chi connectivity index (χ4n) is 1.77. The number of carbonyl (C=O) groups is 1. The van der Waals surface area contributed by atoms with Gasteiger partial charge < -0.3 is 19.7 Å². The van der Waals surface area contributed by atoms with Gasteiger partial charge in [0.2, 0.25) is 0 Å². The van der Waals surface area contributed by atoms with Crippen molar-refractivity contribution in [2.24, 2.45) is 0 Å². The van der Waals surface area contributed by atoms with Crippen molar-refractivity contribution in [3.05, 3.63) is 0 Å². The van der Waals surface area contributed by atoms with E-state index in [9.17, 15) is 22.0 Å². The average Bonchev–Trinajstić information content (AvgIpc) is 2.49. The summed E-state index contributed by atoms with van der Waals surface area (Å²) in [6.45, 7) is 2.21. The number of esters is 1. The third-order valence-corrected chi connectivity index (χ3v) is 4.20. The maximum Gasteiger partial charge on any atom is 0.405 e. The van der Waals surface area contributed by atoms with Crippen LogP contribution in [-0.2, 0) is 24.4 Å². The molecule has 0 aromatic rings. The summed E-state index contributed by atoms with van der Waals surface area (Å²) >= 11 is 0. The van der Waals surface area contributed by atoms with Gasteiger partial charge in [-0.2, -0.15) is 17.2 Å². The van der Waals surface area contributed by atoms with E-state index >= 15 is 0 Å². The number of aliphatic hydroxyl groups is 2. The van der Waals surface area contributed by atoms with E-state index < -0.39 is 27.4 Å². The molecule has 0 fully saturated rings. The molecule has 0 amide bonds. The average molecular weight is 393 g/mol. The zero-order chi connectivity index (χ0) is 19.5. The van der Waals surface area contributed by atoms with Crippen LogP contribution in [0.5, 0.6) is 0 Å². The van der Waals surface area contributed by atoms with Crippen LogP contribution in [0.3, 0.4) is 0 Å². The third kappa shape index (κ3) is 9.37. The first-order valence-corrected chi connectivity index (χ1v) is 9.06.